The molecule has 0 aromatic heterocycles. The van der Waals surface area contributed by atoms with Gasteiger partial charge in [-0.25, -0.2) is 9.59 Å². The van der Waals surface area contributed by atoms with E-state index >= 15 is 0 Å². The summed E-state index contributed by atoms with van der Waals surface area (Å²) in [5.41, 5.74) is 3.22. The highest BCUT2D eigenvalue weighted by atomic mass is 16.5. The summed E-state index contributed by atoms with van der Waals surface area (Å²) in [6.07, 6.45) is 1.43. The molecule has 4 heteroatoms. The molecule has 20 heavy (non-hydrogen) atoms. The first-order valence-corrected chi connectivity index (χ1v) is 6.67. The Bertz CT molecular complexity index is 761. The average molecular weight is 268 g/mol. The van der Waals surface area contributed by atoms with Crippen molar-refractivity contribution in [3.8, 4) is 0 Å². The van der Waals surface area contributed by atoms with Crippen LogP contribution < -0.4 is 0 Å². The van der Waals surface area contributed by atoms with Crippen molar-refractivity contribution < 1.29 is 19.1 Å². The van der Waals surface area contributed by atoms with Gasteiger partial charge in [0.05, 0.1) is 24.3 Å². The van der Waals surface area contributed by atoms with Gasteiger partial charge in [-0.05, 0) is 34.0 Å². The van der Waals surface area contributed by atoms with Crippen molar-refractivity contribution in [3.05, 3.63) is 46.5 Å². The van der Waals surface area contributed by atoms with E-state index in [4.69, 9.17) is 9.47 Å². The Hall–Kier alpha value is -2.36. The maximum atomic E-state index is 11.8. The predicted molar refractivity (Wildman–Crippen MR) is 71.9 cm³/mol. The highest BCUT2D eigenvalue weighted by Crippen LogP contribution is 2.30. The van der Waals surface area contributed by atoms with Crippen molar-refractivity contribution in [2.24, 2.45) is 0 Å². The predicted octanol–water partition coefficient (Wildman–Crippen LogP) is 2.27. The Morgan fingerprint density at radius 3 is 2.45 bits per heavy atom. The largest absolute Gasteiger partial charge is 0.462 e. The molecule has 2 aromatic carbocycles. The third-order valence-electron chi connectivity index (χ3n) is 3.98. The number of cyclic esters (lactones) is 2. The van der Waals surface area contributed by atoms with Gasteiger partial charge in [0.2, 0.25) is 0 Å². The molecule has 100 valence electrons. The zero-order chi connectivity index (χ0) is 13.7. The number of rotatable bonds is 0. The summed E-state index contributed by atoms with van der Waals surface area (Å²) in [6, 6.07) is 7.63. The number of hydrogen-bond donors (Lipinski definition) is 0. The molecule has 0 atom stereocenters. The van der Waals surface area contributed by atoms with E-state index in [1.165, 1.54) is 0 Å². The molecule has 0 saturated carbocycles. The zero-order valence-electron chi connectivity index (χ0n) is 10.8. The van der Waals surface area contributed by atoms with Gasteiger partial charge >= 0.3 is 11.9 Å². The van der Waals surface area contributed by atoms with Gasteiger partial charge in [0.15, 0.2) is 0 Å². The third kappa shape index (κ3) is 1.54. The van der Waals surface area contributed by atoms with E-state index in [9.17, 15) is 9.59 Å². The second kappa shape index (κ2) is 4.07. The molecule has 2 aliphatic heterocycles. The molecule has 2 aliphatic rings. The van der Waals surface area contributed by atoms with Gasteiger partial charge in [-0.15, -0.1) is 0 Å². The van der Waals surface area contributed by atoms with Gasteiger partial charge in [0.25, 0.3) is 0 Å². The molecule has 0 saturated heterocycles. The highest BCUT2D eigenvalue weighted by Gasteiger charge is 2.24. The smallest absolute Gasteiger partial charge is 0.338 e. The van der Waals surface area contributed by atoms with Crippen molar-refractivity contribution in [2.75, 3.05) is 13.2 Å². The molecule has 0 radical (unpaired) electrons. The maximum absolute atomic E-state index is 11.8. The fourth-order valence-corrected chi connectivity index (χ4v) is 2.99. The normalized spacial score (nSPS) is 17.2. The summed E-state index contributed by atoms with van der Waals surface area (Å²) in [5.74, 6) is -0.558. The molecule has 2 aromatic rings. The number of carbonyl (C=O) groups excluding carboxylic acids is 2. The second-order valence-corrected chi connectivity index (χ2v) is 5.09. The lowest BCUT2D eigenvalue weighted by Crippen LogP contribution is -2.19. The van der Waals surface area contributed by atoms with Crippen LogP contribution in [0.3, 0.4) is 0 Å². The monoisotopic (exact) mass is 268 g/mol. The average Bonchev–Trinajstić information content (AvgIpc) is 2.46. The van der Waals surface area contributed by atoms with Crippen LogP contribution in [0.1, 0.15) is 31.8 Å². The fraction of sp³-hybridized carbons (Fsp3) is 0.250. The zero-order valence-corrected chi connectivity index (χ0v) is 10.8. The molecule has 4 nitrogen and oxygen atoms in total. The van der Waals surface area contributed by atoms with Gasteiger partial charge in [-0.2, -0.15) is 0 Å². The van der Waals surface area contributed by atoms with Crippen LogP contribution in [0.4, 0.5) is 0 Å². The molecule has 2 heterocycles. The Labute approximate surface area is 115 Å². The molecular formula is C16H12O4. The third-order valence-corrected chi connectivity index (χ3v) is 3.98. The van der Waals surface area contributed by atoms with E-state index in [1.807, 2.05) is 24.3 Å². The summed E-state index contributed by atoms with van der Waals surface area (Å²) >= 11 is 0. The van der Waals surface area contributed by atoms with Crippen molar-refractivity contribution >= 4 is 22.7 Å². The van der Waals surface area contributed by atoms with Crippen LogP contribution in [0.5, 0.6) is 0 Å². The van der Waals surface area contributed by atoms with Crippen molar-refractivity contribution in [1.29, 1.82) is 0 Å². The van der Waals surface area contributed by atoms with Gasteiger partial charge in [-0.3, -0.25) is 0 Å². The summed E-state index contributed by atoms with van der Waals surface area (Å²) < 4.78 is 10.1. The van der Waals surface area contributed by atoms with E-state index in [1.54, 1.807) is 0 Å². The van der Waals surface area contributed by atoms with Gasteiger partial charge in [0.1, 0.15) is 0 Å². The van der Waals surface area contributed by atoms with Crippen LogP contribution in [-0.2, 0) is 22.3 Å². The van der Waals surface area contributed by atoms with E-state index < -0.39 is 0 Å². The maximum Gasteiger partial charge on any atom is 0.338 e. The minimum Gasteiger partial charge on any atom is -0.462 e. The lowest BCUT2D eigenvalue weighted by atomic mass is 9.91. The lowest BCUT2D eigenvalue weighted by molar-refractivity contribution is 0.0473. The van der Waals surface area contributed by atoms with Crippen LogP contribution in [0.25, 0.3) is 10.8 Å². The van der Waals surface area contributed by atoms with Gasteiger partial charge in [0, 0.05) is 12.8 Å². The molecule has 4 rings (SSSR count). The van der Waals surface area contributed by atoms with Crippen LogP contribution in [0.2, 0.25) is 0 Å². The van der Waals surface area contributed by atoms with Gasteiger partial charge < -0.3 is 9.47 Å². The molecular weight excluding hydrogens is 256 g/mol. The van der Waals surface area contributed by atoms with Gasteiger partial charge in [-0.1, -0.05) is 12.1 Å². The molecule has 0 unspecified atom stereocenters. The van der Waals surface area contributed by atoms with E-state index in [-0.39, 0.29) is 11.9 Å². The summed E-state index contributed by atoms with van der Waals surface area (Å²) in [7, 11) is 0. The Balaban J connectivity index is 2.03. The minimum atomic E-state index is -0.284. The minimum absolute atomic E-state index is 0.274. The van der Waals surface area contributed by atoms with E-state index in [2.05, 4.69) is 0 Å². The number of esters is 2. The number of hydrogen-bond acceptors (Lipinski definition) is 4. The molecule has 0 aliphatic carbocycles. The lowest BCUT2D eigenvalue weighted by Gasteiger charge is -2.20. The standard InChI is InChI=1S/C16H12O4/c17-15-12-2-1-9-7-10-3-5-19-16(18)14(10)8-13(9)11(12)4-6-20-15/h1-2,7-8H,3-6H2. The van der Waals surface area contributed by atoms with Crippen molar-refractivity contribution in [2.45, 2.75) is 12.8 Å². The SMILES string of the molecule is O=C1OCCc2cc3ccc4c(c3cc21)CCOC4=O. The van der Waals surface area contributed by atoms with Crippen LogP contribution in [-0.4, -0.2) is 25.2 Å². The number of benzene rings is 2. The van der Waals surface area contributed by atoms with E-state index in [0.717, 1.165) is 28.3 Å². The summed E-state index contributed by atoms with van der Waals surface area (Å²) in [6.45, 7) is 0.834. The quantitative estimate of drug-likeness (QED) is 0.688. The fourth-order valence-electron chi connectivity index (χ4n) is 2.99. The number of fused-ring (bicyclic) bond motifs is 4. The molecule has 0 amide bonds. The Morgan fingerprint density at radius 2 is 1.60 bits per heavy atom. The summed E-state index contributed by atoms with van der Waals surface area (Å²) in [4.78, 5) is 23.6. The van der Waals surface area contributed by atoms with Crippen molar-refractivity contribution in [1.82, 2.24) is 0 Å². The van der Waals surface area contributed by atoms with Crippen LogP contribution in [0.15, 0.2) is 24.3 Å². The van der Waals surface area contributed by atoms with E-state index in [0.29, 0.717) is 30.8 Å². The number of ether oxygens (including phenoxy) is 2. The first-order valence-electron chi connectivity index (χ1n) is 6.67. The van der Waals surface area contributed by atoms with Crippen LogP contribution in [0, 0.1) is 0 Å². The van der Waals surface area contributed by atoms with Crippen LogP contribution >= 0.6 is 0 Å². The highest BCUT2D eigenvalue weighted by molar-refractivity contribution is 6.03. The first-order chi connectivity index (χ1) is 9.74. The molecule has 0 N–H and O–H groups in total. The van der Waals surface area contributed by atoms with Crippen molar-refractivity contribution in [3.63, 3.8) is 0 Å². The summed E-state index contributed by atoms with van der Waals surface area (Å²) in [5, 5.41) is 2.02. The molecule has 0 spiro atoms. The Kier molecular flexibility index (Phi) is 2.33. The first kappa shape index (κ1) is 11.5. The topological polar surface area (TPSA) is 52.6 Å². The second-order valence-electron chi connectivity index (χ2n) is 5.09. The Morgan fingerprint density at radius 1 is 0.850 bits per heavy atom. The molecule has 0 fully saturated rings. The molecule has 0 bridgehead atoms. The number of carbonyl (C=O) groups is 2.